The van der Waals surface area contributed by atoms with Gasteiger partial charge in [-0.3, -0.25) is 9.88 Å². The number of piperidine rings is 1. The van der Waals surface area contributed by atoms with Gasteiger partial charge in [0.05, 0.1) is 24.5 Å². The van der Waals surface area contributed by atoms with E-state index in [9.17, 15) is 0 Å². The SMILES string of the molecule is Cc1nc(Nc2cnccn2)cc([C@H]2CCCCN2Cc2nccn2C)n1. The van der Waals surface area contributed by atoms with Gasteiger partial charge in [-0.2, -0.15) is 0 Å². The lowest BCUT2D eigenvalue weighted by molar-refractivity contribution is 0.132. The summed E-state index contributed by atoms with van der Waals surface area (Å²) in [5.74, 6) is 3.25. The molecule has 27 heavy (non-hydrogen) atoms. The summed E-state index contributed by atoms with van der Waals surface area (Å²) in [6, 6.07) is 2.29. The van der Waals surface area contributed by atoms with Gasteiger partial charge in [0.2, 0.25) is 0 Å². The summed E-state index contributed by atoms with van der Waals surface area (Å²) in [6.07, 6.45) is 12.3. The number of hydrogen-bond donors (Lipinski definition) is 1. The number of likely N-dealkylation sites (tertiary alicyclic amines) is 1. The van der Waals surface area contributed by atoms with Crippen molar-refractivity contribution < 1.29 is 0 Å². The number of rotatable bonds is 5. The third-order valence-corrected chi connectivity index (χ3v) is 4.90. The molecule has 1 atom stereocenters. The topological polar surface area (TPSA) is 84.7 Å². The van der Waals surface area contributed by atoms with E-state index in [2.05, 4.69) is 34.7 Å². The van der Waals surface area contributed by atoms with Crippen molar-refractivity contribution in [1.82, 2.24) is 34.4 Å². The maximum atomic E-state index is 4.75. The summed E-state index contributed by atoms with van der Waals surface area (Å²) in [5.41, 5.74) is 1.04. The van der Waals surface area contributed by atoms with Gasteiger partial charge in [0, 0.05) is 37.9 Å². The Hall–Kier alpha value is -2.87. The van der Waals surface area contributed by atoms with Gasteiger partial charge in [0.1, 0.15) is 23.3 Å². The van der Waals surface area contributed by atoms with Gasteiger partial charge in [0.15, 0.2) is 0 Å². The van der Waals surface area contributed by atoms with Crippen molar-refractivity contribution in [2.75, 3.05) is 11.9 Å². The number of anilines is 2. The normalized spacial score (nSPS) is 17.8. The van der Waals surface area contributed by atoms with Crippen molar-refractivity contribution in [1.29, 1.82) is 0 Å². The van der Waals surface area contributed by atoms with E-state index in [-0.39, 0.29) is 6.04 Å². The number of nitrogens with zero attached hydrogens (tertiary/aromatic N) is 7. The molecule has 1 N–H and O–H groups in total. The molecule has 3 aromatic rings. The van der Waals surface area contributed by atoms with Crippen molar-refractivity contribution in [2.45, 2.75) is 38.8 Å². The van der Waals surface area contributed by atoms with E-state index in [1.54, 1.807) is 18.6 Å². The van der Waals surface area contributed by atoms with Crippen molar-refractivity contribution in [3.05, 3.63) is 54.4 Å². The minimum Gasteiger partial charge on any atom is -0.337 e. The fourth-order valence-electron chi connectivity index (χ4n) is 3.57. The summed E-state index contributed by atoms with van der Waals surface area (Å²) in [7, 11) is 2.04. The van der Waals surface area contributed by atoms with Crippen LogP contribution >= 0.6 is 0 Å². The van der Waals surface area contributed by atoms with E-state index in [1.165, 1.54) is 12.8 Å². The summed E-state index contributed by atoms with van der Waals surface area (Å²) in [6.45, 7) is 3.80. The summed E-state index contributed by atoms with van der Waals surface area (Å²) >= 11 is 0. The van der Waals surface area contributed by atoms with Crippen LogP contribution in [-0.4, -0.2) is 40.9 Å². The number of aromatic nitrogens is 6. The second-order valence-electron chi connectivity index (χ2n) is 6.88. The fraction of sp³-hybridized carbons (Fsp3) is 0.421. The molecule has 8 heteroatoms. The molecule has 140 valence electrons. The van der Waals surface area contributed by atoms with Crippen molar-refractivity contribution in [3.8, 4) is 0 Å². The van der Waals surface area contributed by atoms with Gasteiger partial charge in [-0.05, 0) is 26.3 Å². The molecular weight excluding hydrogens is 340 g/mol. The van der Waals surface area contributed by atoms with Crippen LogP contribution in [0.3, 0.4) is 0 Å². The molecule has 1 fully saturated rings. The van der Waals surface area contributed by atoms with E-state index in [4.69, 9.17) is 4.98 Å². The molecule has 4 heterocycles. The standard InChI is InChI=1S/C19H24N8/c1-14-23-15(11-17(24-14)25-18-12-20-6-7-21-18)16-5-3-4-9-27(16)13-19-22-8-10-26(19)2/h6-8,10-12,16H,3-5,9,13H2,1-2H3,(H,21,23,24,25)/t16-/m1/s1. The van der Waals surface area contributed by atoms with Crippen LogP contribution in [0.15, 0.2) is 37.1 Å². The first-order valence-electron chi connectivity index (χ1n) is 9.28. The van der Waals surface area contributed by atoms with Crippen LogP contribution in [0.5, 0.6) is 0 Å². The van der Waals surface area contributed by atoms with Gasteiger partial charge in [0.25, 0.3) is 0 Å². The minimum absolute atomic E-state index is 0.263. The minimum atomic E-state index is 0.263. The smallest absolute Gasteiger partial charge is 0.150 e. The highest BCUT2D eigenvalue weighted by Gasteiger charge is 2.26. The van der Waals surface area contributed by atoms with Crippen molar-refractivity contribution >= 4 is 11.6 Å². The summed E-state index contributed by atoms with van der Waals surface area (Å²) < 4.78 is 2.08. The highest BCUT2D eigenvalue weighted by Crippen LogP contribution is 2.32. The Kier molecular flexibility index (Phi) is 5.06. The molecule has 0 saturated carbocycles. The Morgan fingerprint density at radius 2 is 2.04 bits per heavy atom. The van der Waals surface area contributed by atoms with E-state index < -0.39 is 0 Å². The molecule has 0 unspecified atom stereocenters. The Labute approximate surface area is 158 Å². The van der Waals surface area contributed by atoms with Crippen LogP contribution in [0.1, 0.15) is 42.6 Å². The van der Waals surface area contributed by atoms with E-state index in [1.807, 2.05) is 32.4 Å². The quantitative estimate of drug-likeness (QED) is 0.745. The van der Waals surface area contributed by atoms with E-state index in [0.717, 1.165) is 42.7 Å². The number of nitrogens with one attached hydrogen (secondary N) is 1. The highest BCUT2D eigenvalue weighted by molar-refractivity contribution is 5.50. The van der Waals surface area contributed by atoms with Crippen LogP contribution in [0.25, 0.3) is 0 Å². The Morgan fingerprint density at radius 1 is 1.11 bits per heavy atom. The molecule has 0 amide bonds. The highest BCUT2D eigenvalue weighted by atomic mass is 15.2. The largest absolute Gasteiger partial charge is 0.337 e. The number of hydrogen-bond acceptors (Lipinski definition) is 7. The third kappa shape index (κ3) is 4.11. The molecule has 0 radical (unpaired) electrons. The van der Waals surface area contributed by atoms with Crippen LogP contribution in [-0.2, 0) is 13.6 Å². The van der Waals surface area contributed by atoms with Crippen molar-refractivity contribution in [3.63, 3.8) is 0 Å². The number of aryl methyl sites for hydroxylation is 2. The van der Waals surface area contributed by atoms with Crippen LogP contribution in [0.4, 0.5) is 11.6 Å². The molecule has 0 aromatic carbocycles. The Balaban J connectivity index is 1.59. The molecule has 1 saturated heterocycles. The van der Waals surface area contributed by atoms with E-state index in [0.29, 0.717) is 5.82 Å². The first-order chi connectivity index (χ1) is 13.2. The molecule has 3 aromatic heterocycles. The zero-order valence-electron chi connectivity index (χ0n) is 15.7. The molecule has 0 aliphatic carbocycles. The van der Waals surface area contributed by atoms with Gasteiger partial charge in [-0.25, -0.2) is 19.9 Å². The summed E-state index contributed by atoms with van der Waals surface area (Å²) in [5, 5.41) is 3.23. The zero-order valence-corrected chi connectivity index (χ0v) is 15.7. The molecule has 1 aliphatic heterocycles. The lowest BCUT2D eigenvalue weighted by atomic mass is 9.99. The Morgan fingerprint density at radius 3 is 2.81 bits per heavy atom. The predicted octanol–water partition coefficient (Wildman–Crippen LogP) is 2.78. The molecule has 8 nitrogen and oxygen atoms in total. The molecule has 0 bridgehead atoms. The molecular formula is C19H24N8. The van der Waals surface area contributed by atoms with Crippen LogP contribution in [0.2, 0.25) is 0 Å². The maximum absolute atomic E-state index is 4.75. The number of imidazole rings is 1. The van der Waals surface area contributed by atoms with Crippen LogP contribution in [0, 0.1) is 6.92 Å². The first-order valence-corrected chi connectivity index (χ1v) is 9.28. The average Bonchev–Trinajstić information content (AvgIpc) is 3.07. The monoisotopic (exact) mass is 364 g/mol. The summed E-state index contributed by atoms with van der Waals surface area (Å²) in [4.78, 5) is 24.6. The second-order valence-corrected chi connectivity index (χ2v) is 6.88. The van der Waals surface area contributed by atoms with Crippen molar-refractivity contribution in [2.24, 2.45) is 7.05 Å². The molecule has 1 aliphatic rings. The van der Waals surface area contributed by atoms with E-state index >= 15 is 0 Å². The lowest BCUT2D eigenvalue weighted by Gasteiger charge is -2.35. The van der Waals surface area contributed by atoms with Crippen LogP contribution < -0.4 is 5.32 Å². The van der Waals surface area contributed by atoms with Gasteiger partial charge < -0.3 is 9.88 Å². The maximum Gasteiger partial charge on any atom is 0.150 e. The molecule has 0 spiro atoms. The average molecular weight is 364 g/mol. The fourth-order valence-corrected chi connectivity index (χ4v) is 3.57. The predicted molar refractivity (Wildman–Crippen MR) is 102 cm³/mol. The Bertz CT molecular complexity index is 892. The second kappa shape index (κ2) is 7.79. The zero-order chi connectivity index (χ0) is 18.6. The molecule has 4 rings (SSSR count). The van der Waals surface area contributed by atoms with Gasteiger partial charge in [-0.1, -0.05) is 6.42 Å². The van der Waals surface area contributed by atoms with Gasteiger partial charge >= 0.3 is 0 Å². The van der Waals surface area contributed by atoms with Gasteiger partial charge in [-0.15, -0.1) is 0 Å². The lowest BCUT2D eigenvalue weighted by Crippen LogP contribution is -2.34. The first kappa shape index (κ1) is 17.5. The third-order valence-electron chi connectivity index (χ3n) is 4.90.